The van der Waals surface area contributed by atoms with Crippen LogP contribution in [0.25, 0.3) is 23.1 Å². The maximum atomic E-state index is 11.9. The van der Waals surface area contributed by atoms with Crippen molar-refractivity contribution in [3.63, 3.8) is 0 Å². The molecule has 0 atom stereocenters. The summed E-state index contributed by atoms with van der Waals surface area (Å²) in [5.41, 5.74) is 1.66. The van der Waals surface area contributed by atoms with Crippen LogP contribution < -0.4 is 5.56 Å². The summed E-state index contributed by atoms with van der Waals surface area (Å²) >= 11 is 0. The van der Waals surface area contributed by atoms with Gasteiger partial charge in [-0.25, -0.2) is 4.98 Å². The first-order valence-electron chi connectivity index (χ1n) is 6.05. The Morgan fingerprint density at radius 3 is 2.47 bits per heavy atom. The predicted molar refractivity (Wildman–Crippen MR) is 77.7 cm³/mol. The van der Waals surface area contributed by atoms with Crippen LogP contribution in [0.1, 0.15) is 11.4 Å². The summed E-state index contributed by atoms with van der Waals surface area (Å²) in [4.78, 5) is 19.1. The Balaban J connectivity index is 2.02. The fraction of sp³-hybridized carbons (Fsp3) is 0. The molecule has 0 saturated heterocycles. The molecule has 0 spiro atoms. The highest BCUT2D eigenvalue weighted by molar-refractivity contribution is 5.78. The molecule has 0 fully saturated rings. The van der Waals surface area contributed by atoms with Crippen LogP contribution >= 0.6 is 0 Å². The summed E-state index contributed by atoms with van der Waals surface area (Å²) in [6.45, 7) is 0. The molecule has 1 heterocycles. The van der Waals surface area contributed by atoms with Gasteiger partial charge in [-0.15, -0.1) is 0 Å². The number of rotatable bonds is 2. The number of benzene rings is 2. The van der Waals surface area contributed by atoms with Gasteiger partial charge in [0.05, 0.1) is 10.9 Å². The molecule has 3 rings (SSSR count). The highest BCUT2D eigenvalue weighted by Crippen LogP contribution is 2.08. The van der Waals surface area contributed by atoms with Crippen molar-refractivity contribution in [3.05, 3.63) is 76.3 Å². The van der Waals surface area contributed by atoms with Crippen molar-refractivity contribution in [1.82, 2.24) is 9.97 Å². The van der Waals surface area contributed by atoms with Gasteiger partial charge in [0.15, 0.2) is 0 Å². The molecule has 3 heteroatoms. The third-order valence-corrected chi connectivity index (χ3v) is 2.86. The Morgan fingerprint density at radius 1 is 0.895 bits per heavy atom. The molecule has 0 aliphatic carbocycles. The Morgan fingerprint density at radius 2 is 1.63 bits per heavy atom. The van der Waals surface area contributed by atoms with Crippen molar-refractivity contribution in [2.45, 2.75) is 0 Å². The van der Waals surface area contributed by atoms with Gasteiger partial charge in [-0.3, -0.25) is 4.79 Å². The van der Waals surface area contributed by atoms with Crippen molar-refractivity contribution < 1.29 is 0 Å². The molecule has 92 valence electrons. The minimum Gasteiger partial charge on any atom is -0.306 e. The Kier molecular flexibility index (Phi) is 2.94. The fourth-order valence-corrected chi connectivity index (χ4v) is 1.92. The SMILES string of the molecule is O=c1[nH]c(/C=C\c2ccccc2)nc2ccccc12. The van der Waals surface area contributed by atoms with E-state index in [0.29, 0.717) is 16.7 Å². The van der Waals surface area contributed by atoms with Gasteiger partial charge in [0.1, 0.15) is 5.82 Å². The number of hydrogen-bond donors (Lipinski definition) is 1. The topological polar surface area (TPSA) is 45.8 Å². The van der Waals surface area contributed by atoms with Gasteiger partial charge in [0.2, 0.25) is 0 Å². The van der Waals surface area contributed by atoms with E-state index in [-0.39, 0.29) is 5.56 Å². The molecule has 0 aliphatic heterocycles. The standard InChI is InChI=1S/C16H12N2O/c19-16-13-8-4-5-9-14(13)17-15(18-16)11-10-12-6-2-1-3-7-12/h1-11H,(H,17,18,19)/b11-10-. The average Bonchev–Trinajstić information content (AvgIpc) is 2.46. The summed E-state index contributed by atoms with van der Waals surface area (Å²) in [6.07, 6.45) is 3.73. The zero-order valence-corrected chi connectivity index (χ0v) is 10.2. The van der Waals surface area contributed by atoms with E-state index < -0.39 is 0 Å². The molecule has 0 aliphatic rings. The molecule has 0 amide bonds. The molecule has 0 unspecified atom stereocenters. The molecule has 19 heavy (non-hydrogen) atoms. The van der Waals surface area contributed by atoms with Crippen molar-refractivity contribution in [2.75, 3.05) is 0 Å². The number of para-hydroxylation sites is 1. The van der Waals surface area contributed by atoms with E-state index in [0.717, 1.165) is 5.56 Å². The lowest BCUT2D eigenvalue weighted by molar-refractivity contribution is 1.14. The van der Waals surface area contributed by atoms with Crippen LogP contribution in [0.5, 0.6) is 0 Å². The number of aromatic nitrogens is 2. The number of nitrogens with zero attached hydrogens (tertiary/aromatic N) is 1. The lowest BCUT2D eigenvalue weighted by Crippen LogP contribution is -2.09. The first kappa shape index (κ1) is 11.4. The fourth-order valence-electron chi connectivity index (χ4n) is 1.92. The first-order valence-corrected chi connectivity index (χ1v) is 6.05. The van der Waals surface area contributed by atoms with Gasteiger partial charge in [0, 0.05) is 0 Å². The van der Waals surface area contributed by atoms with Crippen molar-refractivity contribution in [2.24, 2.45) is 0 Å². The van der Waals surface area contributed by atoms with Gasteiger partial charge in [-0.05, 0) is 23.8 Å². The normalized spacial score (nSPS) is 11.2. The highest BCUT2D eigenvalue weighted by Gasteiger charge is 2.00. The van der Waals surface area contributed by atoms with Crippen LogP contribution in [0.15, 0.2) is 59.4 Å². The Labute approximate surface area is 110 Å². The number of aromatic amines is 1. The van der Waals surface area contributed by atoms with E-state index >= 15 is 0 Å². The highest BCUT2D eigenvalue weighted by atomic mass is 16.1. The quantitative estimate of drug-likeness (QED) is 0.757. The molecule has 0 bridgehead atoms. The monoisotopic (exact) mass is 248 g/mol. The average molecular weight is 248 g/mol. The lowest BCUT2D eigenvalue weighted by atomic mass is 10.2. The van der Waals surface area contributed by atoms with Gasteiger partial charge in [-0.2, -0.15) is 0 Å². The van der Waals surface area contributed by atoms with Crippen molar-refractivity contribution in [3.8, 4) is 0 Å². The van der Waals surface area contributed by atoms with Crippen molar-refractivity contribution >= 4 is 23.1 Å². The molecule has 0 radical (unpaired) electrons. The van der Waals surface area contributed by atoms with E-state index in [1.54, 1.807) is 6.07 Å². The largest absolute Gasteiger partial charge is 0.306 e. The van der Waals surface area contributed by atoms with Crippen LogP contribution in [0.4, 0.5) is 0 Å². The maximum absolute atomic E-state index is 11.9. The zero-order valence-electron chi connectivity index (χ0n) is 10.2. The van der Waals surface area contributed by atoms with Crippen LogP contribution in [-0.4, -0.2) is 9.97 Å². The van der Waals surface area contributed by atoms with E-state index in [1.807, 2.05) is 60.7 Å². The molecular formula is C16H12N2O. The second-order valence-corrected chi connectivity index (χ2v) is 4.21. The zero-order chi connectivity index (χ0) is 13.1. The van der Waals surface area contributed by atoms with E-state index in [2.05, 4.69) is 9.97 Å². The molecule has 3 nitrogen and oxygen atoms in total. The van der Waals surface area contributed by atoms with Crippen LogP contribution in [0.3, 0.4) is 0 Å². The second-order valence-electron chi connectivity index (χ2n) is 4.21. The Bertz CT molecular complexity index is 788. The van der Waals surface area contributed by atoms with Crippen LogP contribution in [-0.2, 0) is 0 Å². The minimum atomic E-state index is -0.113. The van der Waals surface area contributed by atoms with Gasteiger partial charge < -0.3 is 4.98 Å². The number of H-pyrrole nitrogens is 1. The van der Waals surface area contributed by atoms with E-state index in [9.17, 15) is 4.79 Å². The number of hydrogen-bond acceptors (Lipinski definition) is 2. The first-order chi connectivity index (χ1) is 9.33. The number of nitrogens with one attached hydrogen (secondary N) is 1. The summed E-state index contributed by atoms with van der Waals surface area (Å²) in [5, 5.41) is 0.611. The summed E-state index contributed by atoms with van der Waals surface area (Å²) in [5.74, 6) is 0.563. The minimum absolute atomic E-state index is 0.113. The van der Waals surface area contributed by atoms with Gasteiger partial charge >= 0.3 is 0 Å². The van der Waals surface area contributed by atoms with E-state index in [1.165, 1.54) is 0 Å². The van der Waals surface area contributed by atoms with Crippen molar-refractivity contribution in [1.29, 1.82) is 0 Å². The molecule has 2 aromatic carbocycles. The van der Waals surface area contributed by atoms with E-state index in [4.69, 9.17) is 0 Å². The third-order valence-electron chi connectivity index (χ3n) is 2.86. The maximum Gasteiger partial charge on any atom is 0.259 e. The lowest BCUT2D eigenvalue weighted by Gasteiger charge is -1.98. The molecule has 3 aromatic rings. The molecular weight excluding hydrogens is 236 g/mol. The predicted octanol–water partition coefficient (Wildman–Crippen LogP) is 3.09. The van der Waals surface area contributed by atoms with Gasteiger partial charge in [0.25, 0.3) is 5.56 Å². The van der Waals surface area contributed by atoms with Gasteiger partial charge in [-0.1, -0.05) is 48.5 Å². The molecule has 1 N–H and O–H groups in total. The molecule has 1 aromatic heterocycles. The van der Waals surface area contributed by atoms with Crippen LogP contribution in [0, 0.1) is 0 Å². The Hall–Kier alpha value is -2.68. The summed E-state index contributed by atoms with van der Waals surface area (Å²) < 4.78 is 0. The number of fused-ring (bicyclic) bond motifs is 1. The summed E-state index contributed by atoms with van der Waals surface area (Å²) in [7, 11) is 0. The molecule has 0 saturated carbocycles. The second kappa shape index (κ2) is 4.90. The summed E-state index contributed by atoms with van der Waals surface area (Å²) in [6, 6.07) is 17.2. The smallest absolute Gasteiger partial charge is 0.259 e. The third kappa shape index (κ3) is 2.45. The van der Waals surface area contributed by atoms with Crippen LogP contribution in [0.2, 0.25) is 0 Å².